The van der Waals surface area contributed by atoms with Gasteiger partial charge in [-0.15, -0.1) is 0 Å². The van der Waals surface area contributed by atoms with Crippen LogP contribution < -0.4 is 9.75 Å². The Labute approximate surface area is 187 Å². The van der Waals surface area contributed by atoms with Gasteiger partial charge in [0.15, 0.2) is 0 Å². The van der Waals surface area contributed by atoms with E-state index in [1.54, 1.807) is 13.4 Å². The molecular formula is C27H25N3O2. The first kappa shape index (κ1) is 20.1. The molecular weight excluding hydrogens is 398 g/mol. The number of benzene rings is 2. The van der Waals surface area contributed by atoms with Gasteiger partial charge in [0.2, 0.25) is 0 Å². The molecule has 0 bridgehead atoms. The molecule has 0 N–H and O–H groups in total. The van der Waals surface area contributed by atoms with Crippen LogP contribution in [-0.2, 0) is 0 Å². The van der Waals surface area contributed by atoms with Gasteiger partial charge in [-0.05, 0) is 66.6 Å². The quantitative estimate of drug-likeness (QED) is 0.368. The van der Waals surface area contributed by atoms with Crippen LogP contribution in [0.1, 0.15) is 31.2 Å². The van der Waals surface area contributed by atoms with Crippen molar-refractivity contribution in [3.63, 3.8) is 0 Å². The third-order valence-electron chi connectivity index (χ3n) is 5.97. The molecule has 0 saturated carbocycles. The number of ether oxygens (including phenoxy) is 1. The normalized spacial score (nSPS) is 18.8. The first-order valence-corrected chi connectivity index (χ1v) is 10.7. The third-order valence-corrected chi connectivity index (χ3v) is 5.97. The summed E-state index contributed by atoms with van der Waals surface area (Å²) >= 11 is 0. The van der Waals surface area contributed by atoms with E-state index in [0.717, 1.165) is 45.1 Å². The Balaban J connectivity index is 1.59. The molecule has 0 fully saturated rings. The summed E-state index contributed by atoms with van der Waals surface area (Å²) in [5.41, 5.74) is 4.22. The predicted octanol–water partition coefficient (Wildman–Crippen LogP) is 6.49. The van der Waals surface area contributed by atoms with Crippen molar-refractivity contribution in [3.05, 3.63) is 96.0 Å². The summed E-state index contributed by atoms with van der Waals surface area (Å²) in [6, 6.07) is 24.4. The van der Waals surface area contributed by atoms with Crippen molar-refractivity contribution >= 4 is 28.5 Å². The minimum absolute atomic E-state index is 0.0181. The molecule has 2 aromatic carbocycles. The number of hydrogen-bond donors (Lipinski definition) is 0. The van der Waals surface area contributed by atoms with Crippen molar-refractivity contribution in [2.24, 2.45) is 11.0 Å². The van der Waals surface area contributed by atoms with E-state index in [1.165, 1.54) is 0 Å². The zero-order valence-electron chi connectivity index (χ0n) is 18.4. The first-order chi connectivity index (χ1) is 15.6. The fraction of sp³-hybridized carbons (Fsp3) is 0.185. The maximum Gasteiger partial charge on any atom is 0.150 e. The van der Waals surface area contributed by atoms with Crippen LogP contribution >= 0.6 is 0 Å². The Morgan fingerprint density at radius 1 is 1.00 bits per heavy atom. The second-order valence-electron chi connectivity index (χ2n) is 8.04. The fourth-order valence-electron chi connectivity index (χ4n) is 4.34. The molecule has 160 valence electrons. The summed E-state index contributed by atoms with van der Waals surface area (Å²) in [6.45, 7) is 4.30. The zero-order chi connectivity index (χ0) is 22.1. The average molecular weight is 424 g/mol. The summed E-state index contributed by atoms with van der Waals surface area (Å²) in [7, 11) is 1.68. The van der Waals surface area contributed by atoms with Crippen LogP contribution in [0.25, 0.3) is 17.0 Å². The molecule has 0 radical (unpaired) electrons. The van der Waals surface area contributed by atoms with Gasteiger partial charge < -0.3 is 9.15 Å². The van der Waals surface area contributed by atoms with Crippen LogP contribution in [0.5, 0.6) is 5.75 Å². The molecule has 0 amide bonds. The van der Waals surface area contributed by atoms with E-state index in [9.17, 15) is 0 Å². The van der Waals surface area contributed by atoms with Crippen LogP contribution in [0.2, 0.25) is 0 Å². The smallest absolute Gasteiger partial charge is 0.150 e. The Bertz CT molecular complexity index is 1290. The summed E-state index contributed by atoms with van der Waals surface area (Å²) in [5.74, 6) is 2.64. The first-order valence-electron chi connectivity index (χ1n) is 10.7. The van der Waals surface area contributed by atoms with E-state index in [1.807, 2.05) is 59.6 Å². The highest BCUT2D eigenvalue weighted by atomic mass is 16.5. The lowest BCUT2D eigenvalue weighted by atomic mass is 9.88. The summed E-state index contributed by atoms with van der Waals surface area (Å²) < 4.78 is 10.9. The lowest BCUT2D eigenvalue weighted by Gasteiger charge is -2.26. The molecule has 0 spiro atoms. The third kappa shape index (κ3) is 3.66. The van der Waals surface area contributed by atoms with Gasteiger partial charge >= 0.3 is 0 Å². The molecule has 1 aliphatic rings. The second kappa shape index (κ2) is 8.35. The summed E-state index contributed by atoms with van der Waals surface area (Å²) in [5, 5.41) is 8.24. The molecule has 0 saturated heterocycles. The number of hydrogen-bond acceptors (Lipinski definition) is 5. The number of allylic oxidation sites excluding steroid dienone is 1. The van der Waals surface area contributed by atoms with Crippen molar-refractivity contribution in [1.82, 2.24) is 4.98 Å². The van der Waals surface area contributed by atoms with Gasteiger partial charge in [0.05, 0.1) is 30.6 Å². The Kier molecular flexibility index (Phi) is 5.23. The highest BCUT2D eigenvalue weighted by molar-refractivity contribution is 6.06. The van der Waals surface area contributed by atoms with Gasteiger partial charge in [-0.25, -0.2) is 9.99 Å². The van der Waals surface area contributed by atoms with E-state index in [0.29, 0.717) is 0 Å². The number of para-hydroxylation sites is 1. The van der Waals surface area contributed by atoms with E-state index in [-0.39, 0.29) is 12.0 Å². The number of furan rings is 1. The van der Waals surface area contributed by atoms with Crippen molar-refractivity contribution in [2.45, 2.75) is 19.9 Å². The molecule has 5 rings (SSSR count). The molecule has 3 heterocycles. The fourth-order valence-corrected chi connectivity index (χ4v) is 4.34. The van der Waals surface area contributed by atoms with Crippen molar-refractivity contribution < 1.29 is 9.15 Å². The maximum absolute atomic E-state index is 5.52. The number of aromatic nitrogens is 1. The molecule has 5 nitrogen and oxygen atoms in total. The van der Waals surface area contributed by atoms with Crippen molar-refractivity contribution in [1.29, 1.82) is 0 Å². The lowest BCUT2D eigenvalue weighted by molar-refractivity contribution is 0.414. The van der Waals surface area contributed by atoms with E-state index >= 15 is 0 Å². The highest BCUT2D eigenvalue weighted by Crippen LogP contribution is 2.41. The SMILES string of the molecule is COc1ccc(C2C(C)C(C(C)=Cc3ccco3)=NN2c2ccc3ccccc3n2)cc1. The van der Waals surface area contributed by atoms with Gasteiger partial charge in [-0.2, -0.15) is 5.10 Å². The molecule has 2 atom stereocenters. The number of pyridine rings is 1. The number of methoxy groups -OCH3 is 1. The summed E-state index contributed by atoms with van der Waals surface area (Å²) in [6.07, 6.45) is 3.72. The van der Waals surface area contributed by atoms with Crippen LogP contribution in [0.3, 0.4) is 0 Å². The topological polar surface area (TPSA) is 50.9 Å². The van der Waals surface area contributed by atoms with Crippen molar-refractivity contribution in [2.75, 3.05) is 12.1 Å². The number of nitrogens with zero attached hydrogens (tertiary/aromatic N) is 3. The highest BCUT2D eigenvalue weighted by Gasteiger charge is 2.37. The molecule has 2 unspecified atom stereocenters. The summed E-state index contributed by atoms with van der Waals surface area (Å²) in [4.78, 5) is 4.93. The van der Waals surface area contributed by atoms with E-state index in [4.69, 9.17) is 19.2 Å². The number of anilines is 1. The monoisotopic (exact) mass is 423 g/mol. The molecule has 4 aromatic rings. The van der Waals surface area contributed by atoms with Crippen LogP contribution in [-0.4, -0.2) is 17.8 Å². The van der Waals surface area contributed by atoms with Gasteiger partial charge in [0, 0.05) is 11.3 Å². The Morgan fingerprint density at radius 2 is 1.81 bits per heavy atom. The molecule has 5 heteroatoms. The van der Waals surface area contributed by atoms with Gasteiger partial charge in [-0.3, -0.25) is 0 Å². The molecule has 2 aromatic heterocycles. The predicted molar refractivity (Wildman–Crippen MR) is 129 cm³/mol. The number of rotatable bonds is 5. The van der Waals surface area contributed by atoms with Gasteiger partial charge in [0.1, 0.15) is 17.3 Å². The van der Waals surface area contributed by atoms with E-state index < -0.39 is 0 Å². The lowest BCUT2D eigenvalue weighted by Crippen LogP contribution is -2.24. The van der Waals surface area contributed by atoms with Gasteiger partial charge in [-0.1, -0.05) is 37.3 Å². The standard InChI is InChI=1S/C27H25N3O2/c1-18(17-23-8-6-16-32-23)26-19(2)27(21-10-13-22(31-3)14-11-21)30(29-26)25-15-12-20-7-4-5-9-24(20)28-25/h4-17,19,27H,1-3H3. The van der Waals surface area contributed by atoms with Crippen LogP contribution in [0, 0.1) is 5.92 Å². The van der Waals surface area contributed by atoms with Gasteiger partial charge in [0.25, 0.3) is 0 Å². The average Bonchev–Trinajstić information content (AvgIpc) is 3.46. The minimum Gasteiger partial charge on any atom is -0.497 e. The second-order valence-corrected chi connectivity index (χ2v) is 8.04. The Hall–Kier alpha value is -3.86. The van der Waals surface area contributed by atoms with Crippen LogP contribution in [0.15, 0.2) is 94.2 Å². The maximum atomic E-state index is 5.52. The number of fused-ring (bicyclic) bond motifs is 1. The molecule has 32 heavy (non-hydrogen) atoms. The van der Waals surface area contributed by atoms with Crippen molar-refractivity contribution in [3.8, 4) is 5.75 Å². The number of hydrazone groups is 1. The van der Waals surface area contributed by atoms with E-state index in [2.05, 4.69) is 38.1 Å². The largest absolute Gasteiger partial charge is 0.497 e. The molecule has 1 aliphatic heterocycles. The molecule has 0 aliphatic carbocycles. The van der Waals surface area contributed by atoms with Crippen LogP contribution in [0.4, 0.5) is 5.82 Å². The zero-order valence-corrected chi connectivity index (χ0v) is 18.4. The Morgan fingerprint density at radius 3 is 2.56 bits per heavy atom. The minimum atomic E-state index is 0.0181.